The van der Waals surface area contributed by atoms with Gasteiger partial charge in [-0.1, -0.05) is 0 Å². The van der Waals surface area contributed by atoms with Crippen molar-refractivity contribution in [1.82, 2.24) is 10.2 Å². The Bertz CT molecular complexity index is 187. The second-order valence-electron chi connectivity index (χ2n) is 3.10. The van der Waals surface area contributed by atoms with Crippen LogP contribution < -0.4 is 5.32 Å². The third-order valence-electron chi connectivity index (χ3n) is 2.04. The van der Waals surface area contributed by atoms with Gasteiger partial charge in [0.25, 0.3) is 6.43 Å². The summed E-state index contributed by atoms with van der Waals surface area (Å²) in [6.45, 7) is 4.57. The Morgan fingerprint density at radius 2 is 1.93 bits per heavy atom. The highest BCUT2D eigenvalue weighted by Crippen LogP contribution is 1.98. The molecule has 0 fully saturated rings. The average Bonchev–Trinajstić information content (AvgIpc) is 2.19. The molecule has 1 atom stereocenters. The zero-order valence-corrected chi connectivity index (χ0v) is 9.04. The third-order valence-corrected chi connectivity index (χ3v) is 2.04. The molecule has 0 saturated heterocycles. The Labute approximate surface area is 88.3 Å². The van der Waals surface area contributed by atoms with E-state index in [2.05, 4.69) is 5.32 Å². The molecule has 0 aliphatic rings. The Morgan fingerprint density at radius 3 is 2.33 bits per heavy atom. The van der Waals surface area contributed by atoms with Crippen molar-refractivity contribution in [2.75, 3.05) is 26.2 Å². The predicted molar refractivity (Wildman–Crippen MR) is 52.8 cm³/mol. The molecular weight excluding hydrogens is 206 g/mol. The Hall–Kier alpha value is -0.750. The molecule has 0 rings (SSSR count). The summed E-state index contributed by atoms with van der Waals surface area (Å²) >= 11 is 0. The van der Waals surface area contributed by atoms with Crippen molar-refractivity contribution >= 4 is 5.91 Å². The fraction of sp³-hybridized carbons (Fsp3) is 0.889. The van der Waals surface area contributed by atoms with Crippen LogP contribution in [0.15, 0.2) is 0 Å². The SMILES string of the molecule is CCN(CC)C(=O)CNCC(O)C(F)F. The number of hydrogen-bond acceptors (Lipinski definition) is 3. The van der Waals surface area contributed by atoms with Gasteiger partial charge in [0.15, 0.2) is 0 Å². The number of alkyl halides is 2. The fourth-order valence-electron chi connectivity index (χ4n) is 1.10. The number of halogens is 2. The summed E-state index contributed by atoms with van der Waals surface area (Å²) in [7, 11) is 0. The molecule has 0 aliphatic heterocycles. The summed E-state index contributed by atoms with van der Waals surface area (Å²) in [5, 5.41) is 11.2. The molecule has 0 aliphatic carbocycles. The average molecular weight is 224 g/mol. The molecule has 1 amide bonds. The second-order valence-corrected chi connectivity index (χ2v) is 3.10. The van der Waals surface area contributed by atoms with Crippen molar-refractivity contribution in [3.8, 4) is 0 Å². The minimum Gasteiger partial charge on any atom is -0.386 e. The van der Waals surface area contributed by atoms with E-state index in [1.807, 2.05) is 13.8 Å². The van der Waals surface area contributed by atoms with E-state index in [1.165, 1.54) is 0 Å². The molecule has 6 heteroatoms. The van der Waals surface area contributed by atoms with Gasteiger partial charge in [-0.15, -0.1) is 0 Å². The number of nitrogens with one attached hydrogen (secondary N) is 1. The number of likely N-dealkylation sites (N-methyl/N-ethyl adjacent to an activating group) is 1. The summed E-state index contributed by atoms with van der Waals surface area (Å²) in [6, 6.07) is 0. The van der Waals surface area contributed by atoms with Gasteiger partial charge in [-0.2, -0.15) is 0 Å². The highest BCUT2D eigenvalue weighted by molar-refractivity contribution is 5.78. The first kappa shape index (κ1) is 14.2. The molecule has 0 aromatic carbocycles. The molecule has 0 saturated carbocycles. The Morgan fingerprint density at radius 1 is 1.40 bits per heavy atom. The van der Waals surface area contributed by atoms with E-state index in [9.17, 15) is 13.6 Å². The number of hydrogen-bond donors (Lipinski definition) is 2. The van der Waals surface area contributed by atoms with Gasteiger partial charge in [0.2, 0.25) is 5.91 Å². The molecule has 0 aromatic rings. The minimum atomic E-state index is -2.78. The number of amides is 1. The van der Waals surface area contributed by atoms with E-state index in [0.29, 0.717) is 13.1 Å². The first-order chi connectivity index (χ1) is 7.02. The van der Waals surface area contributed by atoms with E-state index in [4.69, 9.17) is 5.11 Å². The van der Waals surface area contributed by atoms with Crippen LogP contribution in [-0.2, 0) is 4.79 Å². The van der Waals surface area contributed by atoms with Crippen LogP contribution in [0.1, 0.15) is 13.8 Å². The first-order valence-corrected chi connectivity index (χ1v) is 4.97. The van der Waals surface area contributed by atoms with Crippen LogP contribution in [0.2, 0.25) is 0 Å². The van der Waals surface area contributed by atoms with Crippen LogP contribution in [-0.4, -0.2) is 54.6 Å². The highest BCUT2D eigenvalue weighted by Gasteiger charge is 2.17. The summed E-state index contributed by atoms with van der Waals surface area (Å²) in [5.41, 5.74) is 0. The highest BCUT2D eigenvalue weighted by atomic mass is 19.3. The van der Waals surface area contributed by atoms with Crippen LogP contribution in [0.25, 0.3) is 0 Å². The van der Waals surface area contributed by atoms with Gasteiger partial charge in [-0.05, 0) is 13.8 Å². The van der Waals surface area contributed by atoms with Crippen molar-refractivity contribution < 1.29 is 18.7 Å². The summed E-state index contributed by atoms with van der Waals surface area (Å²) < 4.78 is 23.7. The standard InChI is InChI=1S/C9H18F2N2O2/c1-3-13(4-2)8(15)6-12-5-7(14)9(10)11/h7,9,12,14H,3-6H2,1-2H3. The zero-order chi connectivity index (χ0) is 11.8. The topological polar surface area (TPSA) is 52.6 Å². The lowest BCUT2D eigenvalue weighted by atomic mass is 10.3. The minimum absolute atomic E-state index is 0.0224. The number of carbonyl (C=O) groups is 1. The Balaban J connectivity index is 3.71. The Kier molecular flexibility index (Phi) is 7.15. The van der Waals surface area contributed by atoms with Crippen molar-refractivity contribution in [3.63, 3.8) is 0 Å². The number of rotatable bonds is 7. The molecular formula is C9H18F2N2O2. The number of aliphatic hydroxyl groups excluding tert-OH is 1. The van der Waals surface area contributed by atoms with Crippen LogP contribution in [0.4, 0.5) is 8.78 Å². The molecule has 1 unspecified atom stereocenters. The number of carbonyl (C=O) groups excluding carboxylic acids is 1. The molecule has 90 valence electrons. The molecule has 2 N–H and O–H groups in total. The molecule has 15 heavy (non-hydrogen) atoms. The normalized spacial score (nSPS) is 12.9. The maximum Gasteiger partial charge on any atom is 0.265 e. The van der Waals surface area contributed by atoms with Gasteiger partial charge in [0.05, 0.1) is 6.54 Å². The van der Waals surface area contributed by atoms with E-state index >= 15 is 0 Å². The quantitative estimate of drug-likeness (QED) is 0.643. The third kappa shape index (κ3) is 5.64. The van der Waals surface area contributed by atoms with Crippen molar-refractivity contribution in [3.05, 3.63) is 0 Å². The smallest absolute Gasteiger partial charge is 0.265 e. The zero-order valence-electron chi connectivity index (χ0n) is 9.04. The second kappa shape index (κ2) is 7.53. The maximum absolute atomic E-state index is 11.9. The van der Waals surface area contributed by atoms with Gasteiger partial charge in [-0.25, -0.2) is 8.78 Å². The molecule has 0 spiro atoms. The van der Waals surface area contributed by atoms with Gasteiger partial charge in [0, 0.05) is 19.6 Å². The maximum atomic E-state index is 11.9. The number of aliphatic hydroxyl groups is 1. The first-order valence-electron chi connectivity index (χ1n) is 4.97. The molecule has 0 bridgehead atoms. The lowest BCUT2D eigenvalue weighted by Gasteiger charge is -2.19. The van der Waals surface area contributed by atoms with Crippen molar-refractivity contribution in [1.29, 1.82) is 0 Å². The van der Waals surface area contributed by atoms with Crippen LogP contribution in [0.3, 0.4) is 0 Å². The van der Waals surface area contributed by atoms with Gasteiger partial charge >= 0.3 is 0 Å². The van der Waals surface area contributed by atoms with Gasteiger partial charge in [-0.3, -0.25) is 4.79 Å². The fourth-order valence-corrected chi connectivity index (χ4v) is 1.10. The summed E-state index contributed by atoms with van der Waals surface area (Å²) in [5.74, 6) is -0.151. The van der Waals surface area contributed by atoms with Gasteiger partial charge in [0.1, 0.15) is 6.10 Å². The molecule has 4 nitrogen and oxygen atoms in total. The summed E-state index contributed by atoms with van der Waals surface area (Å²) in [4.78, 5) is 12.9. The van der Waals surface area contributed by atoms with E-state index in [-0.39, 0.29) is 19.0 Å². The van der Waals surface area contributed by atoms with Crippen LogP contribution in [0, 0.1) is 0 Å². The van der Waals surface area contributed by atoms with E-state index in [0.717, 1.165) is 0 Å². The van der Waals surface area contributed by atoms with E-state index < -0.39 is 12.5 Å². The summed E-state index contributed by atoms with van der Waals surface area (Å²) in [6.07, 6.45) is -4.49. The van der Waals surface area contributed by atoms with Crippen LogP contribution in [0.5, 0.6) is 0 Å². The monoisotopic (exact) mass is 224 g/mol. The van der Waals surface area contributed by atoms with Crippen molar-refractivity contribution in [2.45, 2.75) is 26.4 Å². The van der Waals surface area contributed by atoms with E-state index in [1.54, 1.807) is 4.90 Å². The molecule has 0 radical (unpaired) electrons. The molecule has 0 aromatic heterocycles. The molecule has 0 heterocycles. The number of nitrogens with zero attached hydrogens (tertiary/aromatic N) is 1. The van der Waals surface area contributed by atoms with Crippen molar-refractivity contribution in [2.24, 2.45) is 0 Å². The largest absolute Gasteiger partial charge is 0.386 e. The van der Waals surface area contributed by atoms with Gasteiger partial charge < -0.3 is 15.3 Å². The lowest BCUT2D eigenvalue weighted by Crippen LogP contribution is -2.41. The predicted octanol–water partition coefficient (Wildman–Crippen LogP) is 0.0704. The van der Waals surface area contributed by atoms with Crippen LogP contribution >= 0.6 is 0 Å². The lowest BCUT2D eigenvalue weighted by molar-refractivity contribution is -0.130.